The third kappa shape index (κ3) is 3.09. The van der Waals surface area contributed by atoms with E-state index < -0.39 is 0 Å². The molecule has 0 spiro atoms. The van der Waals surface area contributed by atoms with Gasteiger partial charge < -0.3 is 4.74 Å². The molecule has 1 aromatic carbocycles. The molecule has 1 atom stereocenters. The number of ether oxygens (including phenoxy) is 1. The van der Waals surface area contributed by atoms with Crippen LogP contribution in [0, 0.1) is 17.8 Å². The van der Waals surface area contributed by atoms with Gasteiger partial charge in [0.1, 0.15) is 5.69 Å². The summed E-state index contributed by atoms with van der Waals surface area (Å²) >= 11 is 0. The number of benzene rings is 1. The van der Waals surface area contributed by atoms with Crippen molar-refractivity contribution in [2.45, 2.75) is 57.6 Å². The van der Waals surface area contributed by atoms with Crippen molar-refractivity contribution in [3.63, 3.8) is 0 Å². The molecule has 4 nitrogen and oxygen atoms in total. The topological polar surface area (TPSA) is 39.9 Å². The van der Waals surface area contributed by atoms with Crippen molar-refractivity contribution in [3.8, 4) is 23.1 Å². The van der Waals surface area contributed by atoms with Crippen LogP contribution in [0.3, 0.4) is 0 Å². The second-order valence-corrected chi connectivity index (χ2v) is 7.47. The number of hydrogen-bond donors (Lipinski definition) is 0. The first-order valence-electron chi connectivity index (χ1n) is 9.55. The van der Waals surface area contributed by atoms with Gasteiger partial charge in [0.2, 0.25) is 0 Å². The van der Waals surface area contributed by atoms with Crippen molar-refractivity contribution in [2.24, 2.45) is 5.92 Å². The molecule has 1 saturated heterocycles. The zero-order valence-electron chi connectivity index (χ0n) is 14.5. The molecular weight excluding hydrogens is 310 g/mol. The van der Waals surface area contributed by atoms with Gasteiger partial charge in [0, 0.05) is 23.7 Å². The Morgan fingerprint density at radius 3 is 2.96 bits per heavy atom. The van der Waals surface area contributed by atoms with Gasteiger partial charge in [-0.2, -0.15) is 0 Å². The van der Waals surface area contributed by atoms with E-state index in [4.69, 9.17) is 4.74 Å². The van der Waals surface area contributed by atoms with Gasteiger partial charge in [-0.05, 0) is 62.6 Å². The maximum absolute atomic E-state index is 5.87. The maximum Gasteiger partial charge on any atom is 0.116 e. The van der Waals surface area contributed by atoms with Gasteiger partial charge >= 0.3 is 0 Å². The van der Waals surface area contributed by atoms with Crippen LogP contribution in [0.2, 0.25) is 0 Å². The van der Waals surface area contributed by atoms with E-state index in [-0.39, 0.29) is 0 Å². The Labute approximate surface area is 148 Å². The van der Waals surface area contributed by atoms with Crippen molar-refractivity contribution >= 4 is 0 Å². The van der Waals surface area contributed by atoms with Crippen LogP contribution >= 0.6 is 0 Å². The fraction of sp³-hybridized carbons (Fsp3) is 0.524. The normalized spacial score (nSPS) is 21.8. The third-order valence-corrected chi connectivity index (χ3v) is 5.48. The molecule has 1 unspecified atom stereocenters. The first-order valence-corrected chi connectivity index (χ1v) is 9.55. The molecule has 1 aromatic heterocycles. The van der Waals surface area contributed by atoms with E-state index in [2.05, 4.69) is 45.0 Å². The van der Waals surface area contributed by atoms with Crippen LogP contribution < -0.4 is 0 Å². The predicted molar refractivity (Wildman–Crippen MR) is 96.1 cm³/mol. The molecule has 1 saturated carbocycles. The van der Waals surface area contributed by atoms with Crippen LogP contribution in [0.15, 0.2) is 18.2 Å². The first-order chi connectivity index (χ1) is 12.4. The lowest BCUT2D eigenvalue weighted by molar-refractivity contribution is 0.00323. The van der Waals surface area contributed by atoms with E-state index in [0.717, 1.165) is 43.7 Å². The molecule has 2 aliphatic carbocycles. The Kier molecular flexibility index (Phi) is 3.83. The van der Waals surface area contributed by atoms with E-state index in [9.17, 15) is 0 Å². The molecular formula is C21H23N3O. The Bertz CT molecular complexity index is 848. The van der Waals surface area contributed by atoms with Gasteiger partial charge in [0.15, 0.2) is 0 Å². The fourth-order valence-corrected chi connectivity index (χ4v) is 3.86. The molecule has 3 aliphatic rings. The maximum atomic E-state index is 5.87. The summed E-state index contributed by atoms with van der Waals surface area (Å²) in [6.07, 6.45) is 8.46. The van der Waals surface area contributed by atoms with Gasteiger partial charge in [0.05, 0.1) is 18.3 Å². The van der Waals surface area contributed by atoms with Gasteiger partial charge in [-0.3, -0.25) is 0 Å². The SMILES string of the molecule is C(#CC1CC1)c1ccc2c(c1)CCc1c-2nnn1CC1CCCCO1. The molecule has 128 valence electrons. The van der Waals surface area contributed by atoms with Crippen molar-refractivity contribution in [1.29, 1.82) is 0 Å². The van der Waals surface area contributed by atoms with Crippen LogP contribution in [0.5, 0.6) is 0 Å². The molecule has 2 heterocycles. The van der Waals surface area contributed by atoms with E-state index in [1.165, 1.54) is 42.5 Å². The summed E-state index contributed by atoms with van der Waals surface area (Å²) in [5.74, 6) is 7.33. The van der Waals surface area contributed by atoms with Crippen LogP contribution in [-0.4, -0.2) is 27.7 Å². The summed E-state index contributed by atoms with van der Waals surface area (Å²) in [6.45, 7) is 1.72. The average molecular weight is 333 g/mol. The van der Waals surface area contributed by atoms with Crippen LogP contribution in [0.4, 0.5) is 0 Å². The Morgan fingerprint density at radius 2 is 2.12 bits per heavy atom. The van der Waals surface area contributed by atoms with Crippen LogP contribution in [-0.2, 0) is 24.1 Å². The number of aromatic nitrogens is 3. The molecule has 25 heavy (non-hydrogen) atoms. The van der Waals surface area contributed by atoms with Crippen molar-refractivity contribution in [1.82, 2.24) is 15.0 Å². The molecule has 4 heteroatoms. The van der Waals surface area contributed by atoms with Gasteiger partial charge in [-0.25, -0.2) is 4.68 Å². The number of rotatable bonds is 2. The minimum absolute atomic E-state index is 0.293. The zero-order valence-corrected chi connectivity index (χ0v) is 14.5. The minimum Gasteiger partial charge on any atom is -0.376 e. The highest BCUT2D eigenvalue weighted by molar-refractivity contribution is 5.69. The lowest BCUT2D eigenvalue weighted by atomic mass is 9.90. The van der Waals surface area contributed by atoms with E-state index in [0.29, 0.717) is 12.0 Å². The Hall–Kier alpha value is -2.12. The van der Waals surface area contributed by atoms with Gasteiger partial charge in [0.25, 0.3) is 0 Å². The lowest BCUT2D eigenvalue weighted by Gasteiger charge is -2.23. The summed E-state index contributed by atoms with van der Waals surface area (Å²) < 4.78 is 7.95. The second kappa shape index (κ2) is 6.31. The highest BCUT2D eigenvalue weighted by Gasteiger charge is 2.24. The molecule has 5 rings (SSSR count). The lowest BCUT2D eigenvalue weighted by Crippen LogP contribution is -2.26. The van der Waals surface area contributed by atoms with E-state index >= 15 is 0 Å². The molecule has 0 N–H and O–H groups in total. The monoisotopic (exact) mass is 333 g/mol. The smallest absolute Gasteiger partial charge is 0.116 e. The van der Waals surface area contributed by atoms with Crippen molar-refractivity contribution < 1.29 is 4.74 Å². The number of fused-ring (bicyclic) bond motifs is 3. The summed E-state index contributed by atoms with van der Waals surface area (Å²) in [5.41, 5.74) is 6.04. The number of nitrogens with zero attached hydrogens (tertiary/aromatic N) is 3. The van der Waals surface area contributed by atoms with E-state index in [1.807, 2.05) is 0 Å². The van der Waals surface area contributed by atoms with Crippen LogP contribution in [0.1, 0.15) is 48.9 Å². The number of aryl methyl sites for hydroxylation is 1. The zero-order chi connectivity index (χ0) is 16.6. The Morgan fingerprint density at radius 1 is 1.16 bits per heavy atom. The summed E-state index contributed by atoms with van der Waals surface area (Å²) in [4.78, 5) is 0. The summed E-state index contributed by atoms with van der Waals surface area (Å²) in [6, 6.07) is 6.56. The highest BCUT2D eigenvalue weighted by atomic mass is 16.5. The molecule has 0 radical (unpaired) electrons. The molecule has 0 bridgehead atoms. The quantitative estimate of drug-likeness (QED) is 0.791. The first kappa shape index (κ1) is 15.2. The summed E-state index contributed by atoms with van der Waals surface area (Å²) in [5, 5.41) is 8.94. The standard InChI is InChI=1S/C21H23N3O/c1-2-12-25-18(3-1)14-24-20-11-9-17-13-16(7-6-15-4-5-15)8-10-19(17)21(20)22-23-24/h8,10,13,15,18H,1-5,9,11-12,14H2. The van der Waals surface area contributed by atoms with Crippen LogP contribution in [0.25, 0.3) is 11.3 Å². The van der Waals surface area contributed by atoms with Crippen molar-refractivity contribution in [2.75, 3.05) is 6.61 Å². The molecule has 0 amide bonds. The van der Waals surface area contributed by atoms with E-state index in [1.54, 1.807) is 0 Å². The minimum atomic E-state index is 0.293. The fourth-order valence-electron chi connectivity index (χ4n) is 3.86. The van der Waals surface area contributed by atoms with Gasteiger partial charge in [-0.1, -0.05) is 23.1 Å². The highest BCUT2D eigenvalue weighted by Crippen LogP contribution is 2.33. The third-order valence-electron chi connectivity index (χ3n) is 5.48. The Balaban J connectivity index is 1.40. The predicted octanol–water partition coefficient (Wildman–Crippen LogP) is 3.37. The largest absolute Gasteiger partial charge is 0.376 e. The summed E-state index contributed by atoms with van der Waals surface area (Å²) in [7, 11) is 0. The molecule has 2 fully saturated rings. The van der Waals surface area contributed by atoms with Gasteiger partial charge in [-0.15, -0.1) is 5.10 Å². The average Bonchev–Trinajstić information content (AvgIpc) is 3.40. The molecule has 2 aromatic rings. The second-order valence-electron chi connectivity index (χ2n) is 7.47. The van der Waals surface area contributed by atoms with Crippen molar-refractivity contribution in [3.05, 3.63) is 35.0 Å². The molecule has 1 aliphatic heterocycles. The number of hydrogen-bond acceptors (Lipinski definition) is 3.